The van der Waals surface area contributed by atoms with Crippen LogP contribution in [0, 0.1) is 47.7 Å². The third kappa shape index (κ3) is 5.17. The van der Waals surface area contributed by atoms with E-state index in [2.05, 4.69) is 20.8 Å². The van der Waals surface area contributed by atoms with Gasteiger partial charge in [0.2, 0.25) is 0 Å². The molecule has 1 aromatic heterocycles. The van der Waals surface area contributed by atoms with E-state index in [4.69, 9.17) is 18.6 Å². The van der Waals surface area contributed by atoms with Gasteiger partial charge < -0.3 is 24.5 Å². The van der Waals surface area contributed by atoms with Gasteiger partial charge >= 0.3 is 11.6 Å². The first-order valence-corrected chi connectivity index (χ1v) is 9.55. The van der Waals surface area contributed by atoms with E-state index in [0.717, 1.165) is 19.3 Å². The van der Waals surface area contributed by atoms with Crippen LogP contribution < -0.4 is 15.1 Å². The molecule has 0 saturated heterocycles. The third-order valence-corrected chi connectivity index (χ3v) is 5.52. The molecule has 0 N–H and O–H groups in total. The summed E-state index contributed by atoms with van der Waals surface area (Å²) in [6.45, 7) is 6.28. The first-order chi connectivity index (χ1) is 13.3. The van der Waals surface area contributed by atoms with E-state index in [0.29, 0.717) is 28.4 Å². The Hall–Kier alpha value is -1.49. The Balaban J connectivity index is 0.00000300. The van der Waals surface area contributed by atoms with Crippen molar-refractivity contribution < 1.29 is 53.4 Å². The molecule has 6 nitrogen and oxygen atoms in total. The molecule has 1 fully saturated rings. The van der Waals surface area contributed by atoms with Gasteiger partial charge in [-0.15, -0.1) is 5.92 Å². The van der Waals surface area contributed by atoms with Gasteiger partial charge in [0.15, 0.2) is 0 Å². The molecule has 1 saturated carbocycles. The van der Waals surface area contributed by atoms with Crippen LogP contribution in [0.1, 0.15) is 50.4 Å². The van der Waals surface area contributed by atoms with Crippen LogP contribution in [0.3, 0.4) is 0 Å². The molecule has 157 valence electrons. The quantitative estimate of drug-likeness (QED) is 0.279. The summed E-state index contributed by atoms with van der Waals surface area (Å²) in [6, 6.07) is 4.74. The summed E-state index contributed by atoms with van der Waals surface area (Å²) in [5.41, 5.74) is -0.563. The van der Waals surface area contributed by atoms with Gasteiger partial charge in [-0.2, -0.15) is 13.8 Å². The molecule has 1 aliphatic carbocycles. The van der Waals surface area contributed by atoms with Crippen LogP contribution in [0.15, 0.2) is 27.4 Å². The molecule has 0 aliphatic heterocycles. The third-order valence-electron chi connectivity index (χ3n) is 5.52. The molecule has 1 aliphatic rings. The maximum absolute atomic E-state index is 12.8. The first-order valence-electron chi connectivity index (χ1n) is 9.55. The number of esters is 1. The van der Waals surface area contributed by atoms with Crippen molar-refractivity contribution >= 4 is 16.9 Å². The molecule has 1 radical (unpaired) electrons. The molecule has 29 heavy (non-hydrogen) atoms. The molecular formula is C22H27NpO6-. The predicted octanol–water partition coefficient (Wildman–Crippen LogP) is 4.39. The second kappa shape index (κ2) is 10.0. The van der Waals surface area contributed by atoms with Gasteiger partial charge in [0, 0.05) is 42.1 Å². The van der Waals surface area contributed by atoms with Gasteiger partial charge in [0.1, 0.15) is 22.6 Å². The van der Waals surface area contributed by atoms with Crippen LogP contribution in [0.2, 0.25) is 0 Å². The summed E-state index contributed by atoms with van der Waals surface area (Å²) < 4.78 is 21.7. The van der Waals surface area contributed by atoms with Crippen LogP contribution in [0.5, 0.6) is 11.5 Å². The molecule has 3 atom stereocenters. The van der Waals surface area contributed by atoms with Crippen LogP contribution in [0.4, 0.5) is 0 Å². The summed E-state index contributed by atoms with van der Waals surface area (Å²) in [5, 5.41) is 0.515. The number of rotatable bonds is 5. The minimum Gasteiger partial charge on any atom is -0.496 e. The molecule has 1 aromatic carbocycles. The maximum atomic E-state index is 12.8. The van der Waals surface area contributed by atoms with Gasteiger partial charge in [0.25, 0.3) is 0 Å². The summed E-state index contributed by atoms with van der Waals surface area (Å²) in [7, 11) is 3.02. The van der Waals surface area contributed by atoms with E-state index in [1.54, 1.807) is 12.1 Å². The van der Waals surface area contributed by atoms with Crippen LogP contribution in [-0.4, -0.2) is 26.3 Å². The fraction of sp³-hybridized carbons (Fsp3) is 0.500. The van der Waals surface area contributed by atoms with E-state index in [9.17, 15) is 9.59 Å². The molecule has 7 heteroatoms. The van der Waals surface area contributed by atoms with Crippen LogP contribution >= 0.6 is 0 Å². The van der Waals surface area contributed by atoms with E-state index in [-0.39, 0.29) is 47.5 Å². The van der Waals surface area contributed by atoms with E-state index >= 15 is 0 Å². The number of fused-ring (bicyclic) bond motifs is 1. The second-order valence-corrected chi connectivity index (χ2v) is 7.73. The fourth-order valence-electron chi connectivity index (χ4n) is 3.91. The van der Waals surface area contributed by atoms with E-state index < -0.39 is 11.6 Å². The summed E-state index contributed by atoms with van der Waals surface area (Å²) in [6.07, 6.45) is 2.66. The Morgan fingerprint density at radius 3 is 2.48 bits per heavy atom. The Morgan fingerprint density at radius 1 is 1.14 bits per heavy atom. The number of hydrogen-bond acceptors (Lipinski definition) is 6. The van der Waals surface area contributed by atoms with Crippen LogP contribution in [0.25, 0.3) is 11.0 Å². The van der Waals surface area contributed by atoms with Crippen molar-refractivity contribution in [2.45, 2.75) is 46.1 Å². The molecule has 0 amide bonds. The largest absolute Gasteiger partial charge is 0.496 e. The van der Waals surface area contributed by atoms with Crippen molar-refractivity contribution in [3.8, 4) is 11.5 Å². The van der Waals surface area contributed by atoms with Crippen molar-refractivity contribution in [2.24, 2.45) is 11.8 Å². The van der Waals surface area contributed by atoms with Crippen molar-refractivity contribution in [1.82, 2.24) is 0 Å². The zero-order valence-corrected chi connectivity index (χ0v) is 21.2. The number of benzene rings is 1. The van der Waals surface area contributed by atoms with Gasteiger partial charge in [-0.05, 0) is 18.4 Å². The van der Waals surface area contributed by atoms with Gasteiger partial charge in [-0.1, -0.05) is 19.8 Å². The molecule has 0 unspecified atom stereocenters. The average Bonchev–Trinajstić information content (AvgIpc) is 2.66. The number of carbonyl (C=O) groups excluding carboxylic acids is 1. The van der Waals surface area contributed by atoms with E-state index in [1.807, 2.05) is 0 Å². The fourth-order valence-corrected chi connectivity index (χ4v) is 3.91. The van der Waals surface area contributed by atoms with Gasteiger partial charge in [-0.25, -0.2) is 9.59 Å². The normalized spacial score (nSPS) is 21.5. The van der Waals surface area contributed by atoms with Crippen molar-refractivity contribution in [1.29, 1.82) is 0 Å². The molecule has 0 bridgehead atoms. The monoisotopic (exact) mass is 623 g/mol. The van der Waals surface area contributed by atoms with Crippen molar-refractivity contribution in [2.75, 3.05) is 14.2 Å². The average molecular weight is 624 g/mol. The Morgan fingerprint density at radius 2 is 1.86 bits per heavy atom. The number of ether oxygens (including phenoxy) is 3. The minimum atomic E-state index is -0.731. The molecular weight excluding hydrogens is 597 g/mol. The zero-order valence-electron chi connectivity index (χ0n) is 17.5. The summed E-state index contributed by atoms with van der Waals surface area (Å²) >= 11 is 0. The predicted molar refractivity (Wildman–Crippen MR) is 106 cm³/mol. The van der Waals surface area contributed by atoms with Crippen molar-refractivity contribution in [3.05, 3.63) is 40.1 Å². The molecule has 0 spiro atoms. The topological polar surface area (TPSA) is 75.0 Å². The maximum Gasteiger partial charge on any atom is 0.351 e. The second-order valence-electron chi connectivity index (χ2n) is 7.73. The molecule has 1 heterocycles. The first kappa shape index (κ1) is 23.8. The van der Waals surface area contributed by atoms with Gasteiger partial charge in [-0.3, -0.25) is 0 Å². The summed E-state index contributed by atoms with van der Waals surface area (Å²) in [4.78, 5) is 25.3. The molecule has 3 rings (SSSR count). The summed E-state index contributed by atoms with van der Waals surface area (Å²) in [5.74, 6) is 2.23. The Labute approximate surface area is 193 Å². The Bertz CT molecular complexity index is 919. The SMILES string of the molecule is COc1cc(OC)c2cc(C(=O)O[C@H]3C[C@@H](C)CC[C@@H]3[C-](C)C)c(=O)oc2c1.[Np]. The zero-order chi connectivity index (χ0) is 20.4. The number of carbonyl (C=O) groups is 1. The van der Waals surface area contributed by atoms with E-state index in [1.165, 1.54) is 26.2 Å². The Kier molecular flexibility index (Phi) is 8.21. The smallest absolute Gasteiger partial charge is 0.351 e. The standard InChI is InChI=1S/C22H27O6.Np/c1-12(2)15-7-6-13(3)8-19(15)27-21(23)17-11-16-18(26-5)9-14(25-4)10-20(16)28-22(17)24;/h9-11,13,15,19H,6-8H2,1-5H3;/q-1;/t13-,15+,19-;/m0./s1. The van der Waals surface area contributed by atoms with Crippen LogP contribution in [-0.2, 0) is 4.74 Å². The minimum absolute atomic E-state index is 0. The van der Waals surface area contributed by atoms with Gasteiger partial charge in [0.05, 0.1) is 25.7 Å². The molecule has 2 aromatic rings. The number of methoxy groups -OCH3 is 2. The number of hydrogen-bond donors (Lipinski definition) is 0. The van der Waals surface area contributed by atoms with Crippen molar-refractivity contribution in [3.63, 3.8) is 0 Å².